The largest absolute Gasteiger partial charge is 0.382 e. The number of anilines is 1. The first-order chi connectivity index (χ1) is 6.33. The first-order valence-corrected chi connectivity index (χ1v) is 3.67. The Hall–Kier alpha value is -1.73. The molecule has 7 nitrogen and oxygen atoms in total. The number of hydrazine groups is 1. The van der Waals surface area contributed by atoms with Gasteiger partial charge in [-0.1, -0.05) is 0 Å². The van der Waals surface area contributed by atoms with E-state index in [1.807, 2.05) is 0 Å². The van der Waals surface area contributed by atoms with Gasteiger partial charge in [-0.15, -0.1) is 0 Å². The molecule has 2 aromatic rings. The van der Waals surface area contributed by atoms with Crippen LogP contribution >= 0.6 is 0 Å². The van der Waals surface area contributed by atoms with Crippen molar-refractivity contribution < 1.29 is 0 Å². The van der Waals surface area contributed by atoms with Crippen LogP contribution in [0.15, 0.2) is 12.7 Å². The van der Waals surface area contributed by atoms with Gasteiger partial charge in [0.05, 0.1) is 13.0 Å². The van der Waals surface area contributed by atoms with Gasteiger partial charge in [-0.3, -0.25) is 5.84 Å². The van der Waals surface area contributed by atoms with Crippen LogP contribution in [0.1, 0.15) is 0 Å². The van der Waals surface area contributed by atoms with Crippen LogP contribution in [0.4, 0.5) is 5.82 Å². The molecule has 5 N–H and O–H groups in total. The van der Waals surface area contributed by atoms with Crippen LogP contribution in [-0.2, 0) is 6.67 Å². The zero-order chi connectivity index (χ0) is 9.26. The van der Waals surface area contributed by atoms with Crippen LogP contribution in [0.25, 0.3) is 11.2 Å². The van der Waals surface area contributed by atoms with E-state index in [0.717, 1.165) is 0 Å². The lowest BCUT2D eigenvalue weighted by molar-refractivity contribution is 0.588. The molecule has 0 aliphatic rings. The Morgan fingerprint density at radius 2 is 2.23 bits per heavy atom. The summed E-state index contributed by atoms with van der Waals surface area (Å²) in [6, 6.07) is 0. The van der Waals surface area contributed by atoms with E-state index in [1.54, 1.807) is 10.9 Å². The van der Waals surface area contributed by atoms with Gasteiger partial charge < -0.3 is 10.3 Å². The van der Waals surface area contributed by atoms with Crippen LogP contribution in [-0.4, -0.2) is 19.5 Å². The summed E-state index contributed by atoms with van der Waals surface area (Å²) >= 11 is 0. The molecule has 0 aromatic carbocycles. The molecule has 7 heteroatoms. The molecule has 0 unspecified atom stereocenters. The summed E-state index contributed by atoms with van der Waals surface area (Å²) in [6.07, 6.45) is 3.00. The number of nitrogens with one attached hydrogen (secondary N) is 1. The number of aromatic nitrogens is 4. The number of hydrogen-bond donors (Lipinski definition) is 3. The maximum Gasteiger partial charge on any atom is 0.166 e. The molecule has 0 radical (unpaired) electrons. The highest BCUT2D eigenvalue weighted by atomic mass is 15.3. The summed E-state index contributed by atoms with van der Waals surface area (Å²) in [7, 11) is 0. The lowest BCUT2D eigenvalue weighted by Crippen LogP contribution is -2.24. The van der Waals surface area contributed by atoms with Gasteiger partial charge >= 0.3 is 0 Å². The second-order valence-corrected chi connectivity index (χ2v) is 2.51. The van der Waals surface area contributed by atoms with Gasteiger partial charge in [-0.2, -0.15) is 0 Å². The van der Waals surface area contributed by atoms with Crippen molar-refractivity contribution in [2.24, 2.45) is 5.84 Å². The van der Waals surface area contributed by atoms with Gasteiger partial charge in [0.25, 0.3) is 0 Å². The SMILES string of the molecule is NNCn1cnc2c(N)ncnc21. The molecular formula is C6H9N7. The van der Waals surface area contributed by atoms with E-state index in [2.05, 4.69) is 20.4 Å². The third-order valence-corrected chi connectivity index (χ3v) is 1.69. The molecule has 0 saturated carbocycles. The van der Waals surface area contributed by atoms with E-state index in [0.29, 0.717) is 23.7 Å². The normalized spacial score (nSPS) is 10.8. The third kappa shape index (κ3) is 1.19. The Labute approximate surface area is 73.8 Å². The molecule has 2 heterocycles. The fourth-order valence-corrected chi connectivity index (χ4v) is 1.11. The standard InChI is InChI=1S/C6H9N7/c7-5-4-6(10-1-9-5)13(2-11-4)3-12-8/h1-2,12H,3,8H2,(H2,7,9,10). The van der Waals surface area contributed by atoms with E-state index in [1.165, 1.54) is 6.33 Å². The van der Waals surface area contributed by atoms with Crippen molar-refractivity contribution in [2.75, 3.05) is 5.73 Å². The molecule has 0 amide bonds. The Kier molecular flexibility index (Phi) is 1.80. The van der Waals surface area contributed by atoms with E-state index < -0.39 is 0 Å². The van der Waals surface area contributed by atoms with Gasteiger partial charge in [-0.25, -0.2) is 20.4 Å². The minimum Gasteiger partial charge on any atom is -0.382 e. The summed E-state index contributed by atoms with van der Waals surface area (Å²) in [4.78, 5) is 11.9. The van der Waals surface area contributed by atoms with Crippen molar-refractivity contribution in [2.45, 2.75) is 6.67 Å². The molecule has 2 aromatic heterocycles. The van der Waals surface area contributed by atoms with Gasteiger partial charge in [0.1, 0.15) is 11.8 Å². The van der Waals surface area contributed by atoms with Gasteiger partial charge in [-0.05, 0) is 0 Å². The van der Waals surface area contributed by atoms with E-state index >= 15 is 0 Å². The lowest BCUT2D eigenvalue weighted by Gasteiger charge is -2.00. The Morgan fingerprint density at radius 3 is 3.00 bits per heavy atom. The smallest absolute Gasteiger partial charge is 0.166 e. The minimum atomic E-state index is 0.376. The number of nitrogen functional groups attached to an aromatic ring is 1. The summed E-state index contributed by atoms with van der Waals surface area (Å²) in [5, 5.41) is 0. The highest BCUT2D eigenvalue weighted by Crippen LogP contribution is 2.12. The van der Waals surface area contributed by atoms with Crippen molar-refractivity contribution >= 4 is 17.0 Å². The number of nitrogens with zero attached hydrogens (tertiary/aromatic N) is 4. The van der Waals surface area contributed by atoms with Crippen LogP contribution in [0.3, 0.4) is 0 Å². The Balaban J connectivity index is 2.61. The zero-order valence-electron chi connectivity index (χ0n) is 6.81. The second-order valence-electron chi connectivity index (χ2n) is 2.51. The van der Waals surface area contributed by atoms with E-state index in [4.69, 9.17) is 11.6 Å². The van der Waals surface area contributed by atoms with Crippen molar-refractivity contribution in [3.63, 3.8) is 0 Å². The predicted molar refractivity (Wildman–Crippen MR) is 47.1 cm³/mol. The topological polar surface area (TPSA) is 108 Å². The molecule has 0 saturated heterocycles. The maximum absolute atomic E-state index is 5.59. The zero-order valence-corrected chi connectivity index (χ0v) is 6.81. The average molecular weight is 179 g/mol. The molecule has 2 rings (SSSR count). The van der Waals surface area contributed by atoms with Crippen molar-refractivity contribution in [1.82, 2.24) is 24.9 Å². The third-order valence-electron chi connectivity index (χ3n) is 1.69. The van der Waals surface area contributed by atoms with Gasteiger partial charge in [0.15, 0.2) is 11.5 Å². The van der Waals surface area contributed by atoms with Crippen LogP contribution < -0.4 is 17.0 Å². The van der Waals surface area contributed by atoms with Crippen molar-refractivity contribution in [3.8, 4) is 0 Å². The molecule has 68 valence electrons. The first kappa shape index (κ1) is 7.90. The maximum atomic E-state index is 5.59. The lowest BCUT2D eigenvalue weighted by atomic mass is 10.5. The summed E-state index contributed by atoms with van der Waals surface area (Å²) in [5.41, 5.74) is 9.36. The molecule has 0 atom stereocenters. The fourth-order valence-electron chi connectivity index (χ4n) is 1.11. The monoisotopic (exact) mass is 179 g/mol. The van der Waals surface area contributed by atoms with Crippen LogP contribution in [0.2, 0.25) is 0 Å². The molecular weight excluding hydrogens is 170 g/mol. The van der Waals surface area contributed by atoms with Crippen molar-refractivity contribution in [1.29, 1.82) is 0 Å². The molecule has 0 aliphatic heterocycles. The molecule has 0 aliphatic carbocycles. The van der Waals surface area contributed by atoms with Gasteiger partial charge in [0.2, 0.25) is 0 Å². The number of rotatable bonds is 2. The molecule has 0 fully saturated rings. The van der Waals surface area contributed by atoms with Crippen LogP contribution in [0, 0.1) is 0 Å². The first-order valence-electron chi connectivity index (χ1n) is 3.67. The van der Waals surface area contributed by atoms with E-state index in [9.17, 15) is 0 Å². The Morgan fingerprint density at radius 1 is 1.38 bits per heavy atom. The highest BCUT2D eigenvalue weighted by molar-refractivity contribution is 5.80. The number of nitrogens with two attached hydrogens (primary N) is 2. The second kappa shape index (κ2) is 2.96. The van der Waals surface area contributed by atoms with Gasteiger partial charge in [0, 0.05) is 0 Å². The highest BCUT2D eigenvalue weighted by Gasteiger charge is 2.05. The number of fused-ring (bicyclic) bond motifs is 1. The molecule has 0 spiro atoms. The van der Waals surface area contributed by atoms with E-state index in [-0.39, 0.29) is 0 Å². The van der Waals surface area contributed by atoms with Crippen LogP contribution in [0.5, 0.6) is 0 Å². The predicted octanol–water partition coefficient (Wildman–Crippen LogP) is -1.17. The average Bonchev–Trinajstić information content (AvgIpc) is 2.51. The summed E-state index contributed by atoms with van der Waals surface area (Å²) in [6.45, 7) is 0.437. The number of hydrogen-bond acceptors (Lipinski definition) is 6. The molecule has 0 bridgehead atoms. The molecule has 13 heavy (non-hydrogen) atoms. The fraction of sp³-hybridized carbons (Fsp3) is 0.167. The quantitative estimate of drug-likeness (QED) is 0.396. The number of imidazole rings is 1. The summed E-state index contributed by atoms with van der Waals surface area (Å²) < 4.78 is 1.74. The summed E-state index contributed by atoms with van der Waals surface area (Å²) in [5.74, 6) is 5.55. The van der Waals surface area contributed by atoms with Crippen molar-refractivity contribution in [3.05, 3.63) is 12.7 Å². The minimum absolute atomic E-state index is 0.376. The Bertz CT molecular complexity index is 420.